The number of hydrogen-bond donors (Lipinski definition) is 2. The Morgan fingerprint density at radius 1 is 1.04 bits per heavy atom. The number of hydrogen-bond acceptors (Lipinski definition) is 3. The first-order valence-corrected chi connectivity index (χ1v) is 9.05. The highest BCUT2D eigenvalue weighted by atomic mass is 35.5. The number of fused-ring (bicyclic) bond motifs is 1. The van der Waals surface area contributed by atoms with Crippen LogP contribution in [-0.2, 0) is 0 Å². The van der Waals surface area contributed by atoms with Crippen LogP contribution >= 0.6 is 58.4 Å². The summed E-state index contributed by atoms with van der Waals surface area (Å²) >= 11 is 24.6. The van der Waals surface area contributed by atoms with Gasteiger partial charge >= 0.3 is 0 Å². The lowest BCUT2D eigenvalue weighted by atomic mass is 10.2. The first kappa shape index (κ1) is 17.5. The van der Waals surface area contributed by atoms with Crippen molar-refractivity contribution < 1.29 is 4.79 Å². The maximum atomic E-state index is 12.4. The van der Waals surface area contributed by atoms with Crippen LogP contribution in [0.3, 0.4) is 0 Å². The van der Waals surface area contributed by atoms with E-state index in [1.165, 1.54) is 11.3 Å². The third-order valence-electron chi connectivity index (χ3n) is 3.09. The first-order valence-electron chi connectivity index (χ1n) is 6.69. The number of anilines is 1. The molecule has 3 rings (SSSR count). The maximum absolute atomic E-state index is 12.4. The van der Waals surface area contributed by atoms with Crippen molar-refractivity contribution in [2.24, 2.45) is 0 Å². The minimum absolute atomic E-state index is 0.131. The summed E-state index contributed by atoms with van der Waals surface area (Å²) in [5.74, 6) is -0.369. The number of rotatable bonds is 2. The van der Waals surface area contributed by atoms with Gasteiger partial charge in [0.25, 0.3) is 5.91 Å². The van der Waals surface area contributed by atoms with Crippen LogP contribution in [0.1, 0.15) is 9.67 Å². The number of carbonyl (C=O) groups excluding carboxylic acids is 1. The fraction of sp³-hybridized carbons (Fsp3) is 0. The molecule has 0 atom stereocenters. The Kier molecular flexibility index (Phi) is 5.27. The lowest BCUT2D eigenvalue weighted by molar-refractivity contribution is 0.0982. The molecule has 0 saturated carbocycles. The van der Waals surface area contributed by atoms with Gasteiger partial charge in [0.2, 0.25) is 0 Å². The van der Waals surface area contributed by atoms with Gasteiger partial charge in [-0.1, -0.05) is 53.0 Å². The zero-order valence-corrected chi connectivity index (χ0v) is 15.8. The van der Waals surface area contributed by atoms with E-state index in [0.29, 0.717) is 25.6 Å². The van der Waals surface area contributed by atoms with Crippen LogP contribution in [0, 0.1) is 0 Å². The number of amides is 1. The van der Waals surface area contributed by atoms with Gasteiger partial charge in [-0.15, -0.1) is 11.3 Å². The summed E-state index contributed by atoms with van der Waals surface area (Å²) in [5.41, 5.74) is 0.584. The maximum Gasteiger partial charge on any atom is 0.269 e. The highest BCUT2D eigenvalue weighted by Crippen LogP contribution is 2.35. The van der Waals surface area contributed by atoms with E-state index < -0.39 is 0 Å². The lowest BCUT2D eigenvalue weighted by Gasteiger charge is -2.09. The molecule has 0 bridgehead atoms. The monoisotopic (exact) mass is 414 g/mol. The molecule has 0 radical (unpaired) electrons. The van der Waals surface area contributed by atoms with Crippen molar-refractivity contribution in [1.29, 1.82) is 0 Å². The van der Waals surface area contributed by atoms with E-state index in [2.05, 4.69) is 10.6 Å². The molecule has 3 aromatic rings. The minimum atomic E-state index is -0.369. The molecule has 1 heterocycles. The zero-order chi connectivity index (χ0) is 17.3. The fourth-order valence-corrected chi connectivity index (χ4v) is 4.26. The standard InChI is InChI=1S/C16H9Cl3N2OS2/c17-8-5-9(18)7-10(6-8)20-16(23)21-15(22)14-13(19)11-3-1-2-4-12(11)24-14/h1-7H,(H2,20,21,22,23). The zero-order valence-electron chi connectivity index (χ0n) is 11.9. The molecular weight excluding hydrogens is 407 g/mol. The van der Waals surface area contributed by atoms with Gasteiger partial charge < -0.3 is 5.32 Å². The quantitative estimate of drug-likeness (QED) is 0.505. The van der Waals surface area contributed by atoms with Gasteiger partial charge in [0, 0.05) is 25.8 Å². The summed E-state index contributed by atoms with van der Waals surface area (Å²) in [7, 11) is 0. The van der Waals surface area contributed by atoms with Gasteiger partial charge in [0.05, 0.1) is 5.02 Å². The minimum Gasteiger partial charge on any atom is -0.332 e. The van der Waals surface area contributed by atoms with Gasteiger partial charge in [-0.05, 0) is 36.5 Å². The van der Waals surface area contributed by atoms with E-state index in [0.717, 1.165) is 10.1 Å². The van der Waals surface area contributed by atoms with E-state index in [1.807, 2.05) is 24.3 Å². The number of thiophene rings is 1. The molecule has 2 aromatic carbocycles. The van der Waals surface area contributed by atoms with Crippen LogP contribution in [0.4, 0.5) is 5.69 Å². The largest absolute Gasteiger partial charge is 0.332 e. The molecule has 0 aliphatic carbocycles. The van der Waals surface area contributed by atoms with Crippen LogP contribution in [-0.4, -0.2) is 11.0 Å². The molecule has 3 nitrogen and oxygen atoms in total. The van der Waals surface area contributed by atoms with E-state index in [1.54, 1.807) is 18.2 Å². The summed E-state index contributed by atoms with van der Waals surface area (Å²) in [6.07, 6.45) is 0. The number of carbonyl (C=O) groups is 1. The Balaban J connectivity index is 1.76. The van der Waals surface area contributed by atoms with Crippen LogP contribution in [0.5, 0.6) is 0 Å². The molecule has 24 heavy (non-hydrogen) atoms. The summed E-state index contributed by atoms with van der Waals surface area (Å²) in [6.45, 7) is 0. The molecule has 122 valence electrons. The van der Waals surface area contributed by atoms with E-state index in [9.17, 15) is 4.79 Å². The molecule has 0 unspecified atom stereocenters. The summed E-state index contributed by atoms with van der Waals surface area (Å²) in [4.78, 5) is 12.8. The van der Waals surface area contributed by atoms with E-state index in [4.69, 9.17) is 47.0 Å². The van der Waals surface area contributed by atoms with Gasteiger partial charge in [-0.25, -0.2) is 0 Å². The predicted molar refractivity (Wildman–Crippen MR) is 107 cm³/mol. The van der Waals surface area contributed by atoms with E-state index in [-0.39, 0.29) is 11.0 Å². The Labute approximate surface area is 162 Å². The molecule has 0 saturated heterocycles. The average molecular weight is 416 g/mol. The highest BCUT2D eigenvalue weighted by molar-refractivity contribution is 7.80. The number of thiocarbonyl (C=S) groups is 1. The summed E-state index contributed by atoms with van der Waals surface area (Å²) in [6, 6.07) is 12.5. The first-order chi connectivity index (χ1) is 11.4. The second-order valence-corrected chi connectivity index (χ2v) is 7.52. The third kappa shape index (κ3) is 3.82. The SMILES string of the molecule is O=C(NC(=S)Nc1cc(Cl)cc(Cl)c1)c1sc2ccccc2c1Cl. The van der Waals surface area contributed by atoms with Gasteiger partial charge in [-0.2, -0.15) is 0 Å². The molecular formula is C16H9Cl3N2OS2. The fourth-order valence-electron chi connectivity index (χ4n) is 2.11. The van der Waals surface area contributed by atoms with E-state index >= 15 is 0 Å². The molecule has 0 fully saturated rings. The van der Waals surface area contributed by atoms with Crippen LogP contribution in [0.15, 0.2) is 42.5 Å². The molecule has 0 aliphatic rings. The molecule has 1 amide bonds. The molecule has 1 aromatic heterocycles. The lowest BCUT2D eigenvalue weighted by Crippen LogP contribution is -2.33. The molecule has 0 aliphatic heterocycles. The van der Waals surface area contributed by atoms with Crippen LogP contribution in [0.2, 0.25) is 15.1 Å². The van der Waals surface area contributed by atoms with Crippen molar-refractivity contribution in [1.82, 2.24) is 5.32 Å². The Bertz CT molecular complexity index is 935. The second kappa shape index (κ2) is 7.25. The number of benzene rings is 2. The molecule has 8 heteroatoms. The topological polar surface area (TPSA) is 41.1 Å². The number of nitrogens with one attached hydrogen (secondary N) is 2. The normalized spacial score (nSPS) is 10.6. The highest BCUT2D eigenvalue weighted by Gasteiger charge is 2.17. The van der Waals surface area contributed by atoms with Crippen molar-refractivity contribution in [2.75, 3.05) is 5.32 Å². The van der Waals surface area contributed by atoms with Crippen LogP contribution in [0.25, 0.3) is 10.1 Å². The summed E-state index contributed by atoms with van der Waals surface area (Å²) < 4.78 is 0.938. The van der Waals surface area contributed by atoms with Crippen molar-refractivity contribution in [3.63, 3.8) is 0 Å². The van der Waals surface area contributed by atoms with Gasteiger partial charge in [0.1, 0.15) is 4.88 Å². The Morgan fingerprint density at radius 2 is 1.71 bits per heavy atom. The van der Waals surface area contributed by atoms with Crippen molar-refractivity contribution in [2.45, 2.75) is 0 Å². The average Bonchev–Trinajstić information content (AvgIpc) is 2.84. The molecule has 2 N–H and O–H groups in total. The third-order valence-corrected chi connectivity index (χ3v) is 5.40. The smallest absolute Gasteiger partial charge is 0.269 e. The summed E-state index contributed by atoms with van der Waals surface area (Å²) in [5, 5.41) is 7.80. The number of halogens is 3. The second-order valence-electron chi connectivity index (χ2n) is 4.81. The van der Waals surface area contributed by atoms with Crippen LogP contribution < -0.4 is 10.6 Å². The predicted octanol–water partition coefficient (Wildman–Crippen LogP) is 5.99. The van der Waals surface area contributed by atoms with Gasteiger partial charge in [0.15, 0.2) is 5.11 Å². The van der Waals surface area contributed by atoms with Gasteiger partial charge in [-0.3, -0.25) is 10.1 Å². The molecule has 0 spiro atoms. The van der Waals surface area contributed by atoms with Crippen molar-refractivity contribution in [3.8, 4) is 0 Å². The van der Waals surface area contributed by atoms with Crippen molar-refractivity contribution >= 4 is 85.2 Å². The Morgan fingerprint density at radius 3 is 2.38 bits per heavy atom. The Hall–Kier alpha value is -1.37. The van der Waals surface area contributed by atoms with Crippen molar-refractivity contribution in [3.05, 3.63) is 62.4 Å².